The molecule has 1 aromatic rings. The molecule has 1 aromatic carbocycles. The number of hydrogen-bond donors (Lipinski definition) is 2. The first-order chi connectivity index (χ1) is 10.0. The van der Waals surface area contributed by atoms with Gasteiger partial charge in [0.1, 0.15) is 0 Å². The van der Waals surface area contributed by atoms with Gasteiger partial charge < -0.3 is 15.7 Å². The maximum Gasteiger partial charge on any atom is 0.180 e. The van der Waals surface area contributed by atoms with Crippen LogP contribution >= 0.6 is 0 Å². The van der Waals surface area contributed by atoms with E-state index in [2.05, 4.69) is 12.1 Å². The van der Waals surface area contributed by atoms with E-state index in [0.717, 1.165) is 19.3 Å². The van der Waals surface area contributed by atoms with E-state index in [-0.39, 0.29) is 23.1 Å². The van der Waals surface area contributed by atoms with Crippen LogP contribution in [0.1, 0.15) is 31.7 Å². The van der Waals surface area contributed by atoms with Crippen LogP contribution in [-0.2, 0) is 14.6 Å². The van der Waals surface area contributed by atoms with Crippen molar-refractivity contribution in [3.05, 3.63) is 29.8 Å². The molecular weight excluding hydrogens is 292 g/mol. The molecule has 0 fully saturated rings. The molecular formula is C14H22N2O4S. The van der Waals surface area contributed by atoms with Crippen LogP contribution in [0.3, 0.4) is 0 Å². The Balaban J connectivity index is 2.54. The summed E-state index contributed by atoms with van der Waals surface area (Å²) in [5, 5.41) is 11.4. The van der Waals surface area contributed by atoms with Gasteiger partial charge in [-0.2, -0.15) is 0 Å². The summed E-state index contributed by atoms with van der Waals surface area (Å²) in [5.41, 5.74) is 5.89. The fraction of sp³-hybridized carbons (Fsp3) is 0.500. The van der Waals surface area contributed by atoms with Crippen LogP contribution in [0.25, 0.3) is 0 Å². The summed E-state index contributed by atoms with van der Waals surface area (Å²) in [6, 6.07) is 5.90. The SMILES string of the molecule is CCCCCOCCS(=O)(=O)c1ccc(/C(N)=N/O)cc1. The molecule has 0 aliphatic carbocycles. The summed E-state index contributed by atoms with van der Waals surface area (Å²) >= 11 is 0. The van der Waals surface area contributed by atoms with E-state index in [0.29, 0.717) is 12.2 Å². The van der Waals surface area contributed by atoms with Crippen molar-refractivity contribution in [1.29, 1.82) is 0 Å². The Morgan fingerprint density at radius 3 is 2.48 bits per heavy atom. The normalized spacial score (nSPS) is 12.5. The van der Waals surface area contributed by atoms with Crippen molar-refractivity contribution >= 4 is 15.7 Å². The predicted molar refractivity (Wildman–Crippen MR) is 81.3 cm³/mol. The molecule has 0 aliphatic heterocycles. The zero-order chi connectivity index (χ0) is 15.7. The first-order valence-corrected chi connectivity index (χ1v) is 8.55. The zero-order valence-corrected chi connectivity index (χ0v) is 13.0. The van der Waals surface area contributed by atoms with E-state index in [1.54, 1.807) is 0 Å². The van der Waals surface area contributed by atoms with Gasteiger partial charge in [-0.15, -0.1) is 0 Å². The van der Waals surface area contributed by atoms with Gasteiger partial charge in [0.15, 0.2) is 15.7 Å². The average Bonchev–Trinajstić information content (AvgIpc) is 2.50. The summed E-state index contributed by atoms with van der Waals surface area (Å²) in [4.78, 5) is 0.203. The molecule has 118 valence electrons. The standard InChI is InChI=1S/C14H22N2O4S/c1-2-3-4-9-20-10-11-21(18,19)13-7-5-12(6-8-13)14(15)16-17/h5-8,17H,2-4,9-11H2,1H3,(H2,15,16). The molecule has 0 amide bonds. The molecule has 3 N–H and O–H groups in total. The minimum Gasteiger partial charge on any atom is -0.409 e. The van der Waals surface area contributed by atoms with Crippen LogP contribution in [0, 0.1) is 0 Å². The van der Waals surface area contributed by atoms with Gasteiger partial charge in [-0.25, -0.2) is 8.42 Å². The molecule has 0 aliphatic rings. The molecule has 21 heavy (non-hydrogen) atoms. The molecule has 0 heterocycles. The number of sulfone groups is 1. The van der Waals surface area contributed by atoms with Crippen LogP contribution < -0.4 is 5.73 Å². The summed E-state index contributed by atoms with van der Waals surface area (Å²) in [6.45, 7) is 2.88. The summed E-state index contributed by atoms with van der Waals surface area (Å²) in [7, 11) is -3.37. The third-order valence-corrected chi connectivity index (χ3v) is 4.70. The second-order valence-corrected chi connectivity index (χ2v) is 6.76. The van der Waals surface area contributed by atoms with Crippen LogP contribution in [0.2, 0.25) is 0 Å². The third-order valence-electron chi connectivity index (χ3n) is 3.01. The van der Waals surface area contributed by atoms with Crippen molar-refractivity contribution in [1.82, 2.24) is 0 Å². The first kappa shape index (κ1) is 17.5. The molecule has 0 saturated heterocycles. The number of unbranched alkanes of at least 4 members (excludes halogenated alkanes) is 2. The monoisotopic (exact) mass is 314 g/mol. The topological polar surface area (TPSA) is 102 Å². The molecule has 6 nitrogen and oxygen atoms in total. The van der Waals surface area contributed by atoms with Gasteiger partial charge in [0, 0.05) is 12.2 Å². The van der Waals surface area contributed by atoms with Gasteiger partial charge in [0.05, 0.1) is 17.3 Å². The Bertz CT molecular complexity index is 553. The number of amidine groups is 1. The molecule has 0 radical (unpaired) electrons. The van der Waals surface area contributed by atoms with Crippen molar-refractivity contribution in [3.8, 4) is 0 Å². The van der Waals surface area contributed by atoms with Crippen molar-refractivity contribution in [2.75, 3.05) is 19.0 Å². The maximum atomic E-state index is 12.1. The minimum atomic E-state index is -3.37. The Hall–Kier alpha value is -1.60. The van der Waals surface area contributed by atoms with E-state index < -0.39 is 9.84 Å². The Morgan fingerprint density at radius 2 is 1.90 bits per heavy atom. The van der Waals surface area contributed by atoms with E-state index in [9.17, 15) is 8.42 Å². The summed E-state index contributed by atoms with van der Waals surface area (Å²) in [5.74, 6) is -0.111. The smallest absolute Gasteiger partial charge is 0.180 e. The van der Waals surface area contributed by atoms with Crippen molar-refractivity contribution < 1.29 is 18.4 Å². The van der Waals surface area contributed by atoms with Crippen LogP contribution in [-0.4, -0.2) is 38.4 Å². The van der Waals surface area contributed by atoms with Crippen molar-refractivity contribution in [2.24, 2.45) is 10.9 Å². The molecule has 0 aromatic heterocycles. The lowest BCUT2D eigenvalue weighted by molar-refractivity contribution is 0.144. The average molecular weight is 314 g/mol. The van der Waals surface area contributed by atoms with Gasteiger partial charge in [0.2, 0.25) is 0 Å². The second-order valence-electron chi connectivity index (χ2n) is 4.65. The molecule has 0 bridgehead atoms. The maximum absolute atomic E-state index is 12.1. The Labute approximate surface area is 125 Å². The molecule has 0 unspecified atom stereocenters. The highest BCUT2D eigenvalue weighted by molar-refractivity contribution is 7.91. The van der Waals surface area contributed by atoms with Gasteiger partial charge in [-0.05, 0) is 30.7 Å². The fourth-order valence-electron chi connectivity index (χ4n) is 1.73. The lowest BCUT2D eigenvalue weighted by atomic mass is 10.2. The van der Waals surface area contributed by atoms with Gasteiger partial charge >= 0.3 is 0 Å². The van der Waals surface area contributed by atoms with Crippen LogP contribution in [0.15, 0.2) is 34.3 Å². The van der Waals surface area contributed by atoms with Crippen LogP contribution in [0.4, 0.5) is 0 Å². The number of hydrogen-bond acceptors (Lipinski definition) is 5. The lowest BCUT2D eigenvalue weighted by Crippen LogP contribution is -2.15. The molecule has 0 spiro atoms. The van der Waals surface area contributed by atoms with Gasteiger partial charge in [-0.3, -0.25) is 0 Å². The third kappa shape index (κ3) is 5.73. The zero-order valence-electron chi connectivity index (χ0n) is 12.2. The number of oxime groups is 1. The summed E-state index contributed by atoms with van der Waals surface area (Å²) in [6.07, 6.45) is 3.14. The lowest BCUT2D eigenvalue weighted by Gasteiger charge is -2.06. The Morgan fingerprint density at radius 1 is 1.24 bits per heavy atom. The fourth-order valence-corrected chi connectivity index (χ4v) is 2.86. The Kier molecular flexibility index (Phi) is 7.18. The first-order valence-electron chi connectivity index (χ1n) is 6.89. The predicted octanol–water partition coefficient (Wildman–Crippen LogP) is 1.76. The van der Waals surface area contributed by atoms with Gasteiger partial charge in [0.25, 0.3) is 0 Å². The highest BCUT2D eigenvalue weighted by Crippen LogP contribution is 2.12. The molecule has 0 saturated carbocycles. The number of ether oxygens (including phenoxy) is 1. The van der Waals surface area contributed by atoms with E-state index >= 15 is 0 Å². The van der Waals surface area contributed by atoms with Gasteiger partial charge in [-0.1, -0.05) is 24.9 Å². The van der Waals surface area contributed by atoms with Crippen LogP contribution in [0.5, 0.6) is 0 Å². The minimum absolute atomic E-state index is 0.0535. The van der Waals surface area contributed by atoms with E-state index in [4.69, 9.17) is 15.7 Å². The second kappa shape index (κ2) is 8.63. The number of nitrogens with two attached hydrogens (primary N) is 1. The largest absolute Gasteiger partial charge is 0.409 e. The molecule has 1 rings (SSSR count). The molecule has 7 heteroatoms. The van der Waals surface area contributed by atoms with Crippen molar-refractivity contribution in [3.63, 3.8) is 0 Å². The highest BCUT2D eigenvalue weighted by Gasteiger charge is 2.14. The molecule has 0 atom stereocenters. The van der Waals surface area contributed by atoms with Crippen molar-refractivity contribution in [2.45, 2.75) is 31.1 Å². The quantitative estimate of drug-likeness (QED) is 0.238. The number of rotatable bonds is 9. The highest BCUT2D eigenvalue weighted by atomic mass is 32.2. The number of benzene rings is 1. The van der Waals surface area contributed by atoms with E-state index in [1.807, 2.05) is 0 Å². The van der Waals surface area contributed by atoms with E-state index in [1.165, 1.54) is 24.3 Å². The summed E-state index contributed by atoms with van der Waals surface area (Å²) < 4.78 is 29.5. The number of nitrogens with zero attached hydrogens (tertiary/aromatic N) is 1.